The van der Waals surface area contributed by atoms with Crippen LogP contribution in [-0.4, -0.2) is 12.6 Å². The molecule has 4 heteroatoms. The lowest BCUT2D eigenvalue weighted by Gasteiger charge is -2.07. The quantitative estimate of drug-likeness (QED) is 0.596. The van der Waals surface area contributed by atoms with Crippen molar-refractivity contribution in [3.05, 3.63) is 33.8 Å². The van der Waals surface area contributed by atoms with Crippen LogP contribution in [-0.2, 0) is 21.3 Å². The zero-order chi connectivity index (χ0) is 12.0. The molecule has 0 unspecified atom stereocenters. The van der Waals surface area contributed by atoms with Gasteiger partial charge in [-0.15, -0.1) is 0 Å². The van der Waals surface area contributed by atoms with Crippen molar-refractivity contribution in [2.24, 2.45) is 0 Å². The highest BCUT2D eigenvalue weighted by atomic mass is 79.9. The van der Waals surface area contributed by atoms with Gasteiger partial charge in [-0.3, -0.25) is 4.79 Å². The molecule has 0 saturated heterocycles. The van der Waals surface area contributed by atoms with Crippen molar-refractivity contribution in [2.75, 3.05) is 6.61 Å². The fourth-order valence-corrected chi connectivity index (χ4v) is 2.38. The molecule has 0 aliphatic rings. The third-order valence-corrected chi connectivity index (χ3v) is 3.31. The minimum atomic E-state index is -0.136. The summed E-state index contributed by atoms with van der Waals surface area (Å²) in [6.07, 6.45) is 1.16. The number of hydrogen-bond acceptors (Lipinski definition) is 2. The Hall–Kier alpha value is -0.350. The lowest BCUT2D eigenvalue weighted by Crippen LogP contribution is -2.06. The number of carbonyl (C=O) groups is 1. The second-order valence-electron chi connectivity index (χ2n) is 3.35. The van der Waals surface area contributed by atoms with E-state index < -0.39 is 0 Å². The number of halogens is 2. The number of benzene rings is 1. The lowest BCUT2D eigenvalue weighted by atomic mass is 10.0. The van der Waals surface area contributed by atoms with Gasteiger partial charge in [-0.1, -0.05) is 37.9 Å². The molecule has 0 aliphatic heterocycles. The fraction of sp³-hybridized carbons (Fsp3) is 0.417. The van der Waals surface area contributed by atoms with Gasteiger partial charge in [-0.2, -0.15) is 0 Å². The molecule has 0 amide bonds. The molecule has 0 fully saturated rings. The minimum absolute atomic E-state index is 0.136. The smallest absolute Gasteiger partial charge is 0.306 e. The average molecular weight is 350 g/mol. The van der Waals surface area contributed by atoms with Crippen LogP contribution in [0.25, 0.3) is 0 Å². The Morgan fingerprint density at radius 3 is 2.75 bits per heavy atom. The highest BCUT2D eigenvalue weighted by Crippen LogP contribution is 2.20. The maximum absolute atomic E-state index is 11.3. The topological polar surface area (TPSA) is 26.3 Å². The Labute approximate surface area is 113 Å². The molecular weight excluding hydrogens is 336 g/mol. The summed E-state index contributed by atoms with van der Waals surface area (Å²) in [5, 5.41) is 0.804. The van der Waals surface area contributed by atoms with E-state index >= 15 is 0 Å². The second-order valence-corrected chi connectivity index (χ2v) is 4.83. The highest BCUT2D eigenvalue weighted by Gasteiger charge is 2.06. The van der Waals surface area contributed by atoms with Gasteiger partial charge in [0.15, 0.2) is 0 Å². The van der Waals surface area contributed by atoms with Crippen LogP contribution in [0.2, 0.25) is 0 Å². The van der Waals surface area contributed by atoms with Crippen LogP contribution in [0, 0.1) is 0 Å². The molecule has 2 nitrogen and oxygen atoms in total. The van der Waals surface area contributed by atoms with Crippen molar-refractivity contribution in [3.8, 4) is 0 Å². The molecule has 88 valence electrons. The Morgan fingerprint density at radius 2 is 2.12 bits per heavy atom. The fourth-order valence-electron chi connectivity index (χ4n) is 1.43. The summed E-state index contributed by atoms with van der Waals surface area (Å²) < 4.78 is 5.94. The van der Waals surface area contributed by atoms with Gasteiger partial charge in [-0.05, 0) is 36.6 Å². The molecule has 0 saturated carbocycles. The third kappa shape index (κ3) is 4.26. The van der Waals surface area contributed by atoms with Crippen LogP contribution < -0.4 is 0 Å². The highest BCUT2D eigenvalue weighted by molar-refractivity contribution is 9.10. The number of aryl methyl sites for hydroxylation is 1. The summed E-state index contributed by atoms with van der Waals surface area (Å²) in [5.74, 6) is -0.136. The Balaban J connectivity index is 2.65. The summed E-state index contributed by atoms with van der Waals surface area (Å²) in [5.41, 5.74) is 2.40. The van der Waals surface area contributed by atoms with Crippen LogP contribution in [0.15, 0.2) is 22.7 Å². The normalized spacial score (nSPS) is 10.2. The number of esters is 1. The van der Waals surface area contributed by atoms with Crippen molar-refractivity contribution in [3.63, 3.8) is 0 Å². The molecule has 1 rings (SSSR count). The van der Waals surface area contributed by atoms with Crippen molar-refractivity contribution in [1.29, 1.82) is 0 Å². The van der Waals surface area contributed by atoms with E-state index in [4.69, 9.17) is 4.74 Å². The van der Waals surface area contributed by atoms with E-state index in [-0.39, 0.29) is 5.97 Å². The van der Waals surface area contributed by atoms with Crippen molar-refractivity contribution < 1.29 is 9.53 Å². The molecule has 0 aromatic heterocycles. The summed E-state index contributed by atoms with van der Waals surface area (Å²) in [7, 11) is 0. The number of rotatable bonds is 5. The van der Waals surface area contributed by atoms with E-state index in [0.717, 1.165) is 16.2 Å². The number of carbonyl (C=O) groups excluding carboxylic acids is 1. The van der Waals surface area contributed by atoms with Crippen LogP contribution in [0.3, 0.4) is 0 Å². The van der Waals surface area contributed by atoms with E-state index in [9.17, 15) is 4.79 Å². The molecule has 0 radical (unpaired) electrons. The molecule has 0 atom stereocenters. The van der Waals surface area contributed by atoms with Gasteiger partial charge >= 0.3 is 5.97 Å². The lowest BCUT2D eigenvalue weighted by molar-refractivity contribution is -0.143. The molecule has 0 aliphatic carbocycles. The zero-order valence-electron chi connectivity index (χ0n) is 9.13. The van der Waals surface area contributed by atoms with E-state index in [1.807, 2.05) is 13.0 Å². The van der Waals surface area contributed by atoms with E-state index in [0.29, 0.717) is 13.0 Å². The predicted molar refractivity (Wildman–Crippen MR) is 71.7 cm³/mol. The first-order valence-corrected chi connectivity index (χ1v) is 7.07. The van der Waals surface area contributed by atoms with Gasteiger partial charge in [0, 0.05) is 16.2 Å². The molecule has 0 heterocycles. The molecule has 16 heavy (non-hydrogen) atoms. The predicted octanol–water partition coefficient (Wildman–Crippen LogP) is 3.84. The van der Waals surface area contributed by atoms with Gasteiger partial charge in [0.05, 0.1) is 6.61 Å². The molecule has 0 spiro atoms. The molecular formula is C12H14Br2O2. The van der Waals surface area contributed by atoms with E-state index in [2.05, 4.69) is 44.0 Å². The Morgan fingerprint density at radius 1 is 1.38 bits per heavy atom. The van der Waals surface area contributed by atoms with Crippen molar-refractivity contribution in [1.82, 2.24) is 0 Å². The SMILES string of the molecule is CCOC(=O)CCc1cc(Br)ccc1CBr. The van der Waals surface area contributed by atoms with Crippen molar-refractivity contribution >= 4 is 37.8 Å². The minimum Gasteiger partial charge on any atom is -0.466 e. The Kier molecular flexibility index (Phi) is 6.06. The summed E-state index contributed by atoms with van der Waals surface area (Å²) in [6.45, 7) is 2.27. The van der Waals surface area contributed by atoms with Crippen LogP contribution >= 0.6 is 31.9 Å². The zero-order valence-corrected chi connectivity index (χ0v) is 12.3. The second kappa shape index (κ2) is 7.07. The third-order valence-electron chi connectivity index (χ3n) is 2.22. The Bertz CT molecular complexity index is 364. The molecule has 0 N–H and O–H groups in total. The number of hydrogen-bond donors (Lipinski definition) is 0. The molecule has 1 aromatic carbocycles. The summed E-state index contributed by atoms with van der Waals surface area (Å²) >= 11 is 6.87. The van der Waals surface area contributed by atoms with Gasteiger partial charge in [0.25, 0.3) is 0 Å². The van der Waals surface area contributed by atoms with Gasteiger partial charge in [0.2, 0.25) is 0 Å². The maximum atomic E-state index is 11.3. The van der Waals surface area contributed by atoms with E-state index in [1.54, 1.807) is 0 Å². The van der Waals surface area contributed by atoms with Crippen LogP contribution in [0.5, 0.6) is 0 Å². The summed E-state index contributed by atoms with van der Waals surface area (Å²) in [4.78, 5) is 11.3. The van der Waals surface area contributed by atoms with E-state index in [1.165, 1.54) is 11.1 Å². The standard InChI is InChI=1S/C12H14Br2O2/c1-2-16-12(15)6-4-9-7-11(14)5-3-10(9)8-13/h3,5,7H,2,4,6,8H2,1H3. The number of ether oxygens (including phenoxy) is 1. The molecule has 1 aromatic rings. The average Bonchev–Trinajstić information content (AvgIpc) is 2.27. The maximum Gasteiger partial charge on any atom is 0.306 e. The van der Waals surface area contributed by atoms with Crippen molar-refractivity contribution in [2.45, 2.75) is 25.1 Å². The first kappa shape index (κ1) is 13.7. The van der Waals surface area contributed by atoms with Gasteiger partial charge < -0.3 is 4.74 Å². The first-order valence-electron chi connectivity index (χ1n) is 5.16. The van der Waals surface area contributed by atoms with Gasteiger partial charge in [-0.25, -0.2) is 0 Å². The van der Waals surface area contributed by atoms with Gasteiger partial charge in [0.1, 0.15) is 0 Å². The first-order chi connectivity index (χ1) is 7.67. The van der Waals surface area contributed by atoms with Crippen LogP contribution in [0.4, 0.5) is 0 Å². The van der Waals surface area contributed by atoms with Crippen LogP contribution in [0.1, 0.15) is 24.5 Å². The summed E-state index contributed by atoms with van der Waals surface area (Å²) in [6, 6.07) is 6.11. The number of alkyl halides is 1. The largest absolute Gasteiger partial charge is 0.466 e. The molecule has 0 bridgehead atoms. The monoisotopic (exact) mass is 348 g/mol.